The number of halogens is 2. The van der Waals surface area contributed by atoms with Crippen LogP contribution in [0.15, 0.2) is 18.2 Å². The molecule has 4 heteroatoms. The second-order valence-electron chi connectivity index (χ2n) is 4.54. The first-order valence-corrected chi connectivity index (χ1v) is 5.71. The van der Waals surface area contributed by atoms with Gasteiger partial charge in [-0.15, -0.1) is 0 Å². The maximum absolute atomic E-state index is 13.3. The van der Waals surface area contributed by atoms with Crippen molar-refractivity contribution in [2.24, 2.45) is 0 Å². The van der Waals surface area contributed by atoms with Crippen molar-refractivity contribution in [2.45, 2.75) is 37.7 Å². The Morgan fingerprint density at radius 2 is 1.76 bits per heavy atom. The van der Waals surface area contributed by atoms with Crippen LogP contribution < -0.4 is 0 Å². The zero-order chi connectivity index (χ0) is 12.5. The number of aliphatic hydroxyl groups is 1. The fraction of sp³-hybridized carbons (Fsp3) is 0.462. The second-order valence-corrected chi connectivity index (χ2v) is 4.54. The molecule has 1 aromatic rings. The van der Waals surface area contributed by atoms with Crippen LogP contribution in [0, 0.1) is 11.6 Å². The smallest absolute Gasteiger partial charge is 0.168 e. The third-order valence-corrected chi connectivity index (χ3v) is 3.35. The van der Waals surface area contributed by atoms with Gasteiger partial charge in [0.1, 0.15) is 17.2 Å². The molecule has 1 aliphatic rings. The van der Waals surface area contributed by atoms with Gasteiger partial charge in [-0.3, -0.25) is 4.79 Å². The van der Waals surface area contributed by atoms with E-state index in [2.05, 4.69) is 0 Å². The maximum atomic E-state index is 13.3. The molecule has 0 heterocycles. The largest absolute Gasteiger partial charge is 0.382 e. The molecule has 0 saturated heterocycles. The minimum atomic E-state index is -1.38. The Balaban J connectivity index is 2.18. The SMILES string of the molecule is O=C(Cc1c(F)cccc1F)C1(O)CCCC1. The molecule has 1 N–H and O–H groups in total. The zero-order valence-corrected chi connectivity index (χ0v) is 9.38. The van der Waals surface area contributed by atoms with E-state index in [1.54, 1.807) is 0 Å². The fourth-order valence-corrected chi connectivity index (χ4v) is 2.27. The molecule has 2 nitrogen and oxygen atoms in total. The molecule has 0 amide bonds. The highest BCUT2D eigenvalue weighted by atomic mass is 19.1. The van der Waals surface area contributed by atoms with E-state index in [-0.39, 0.29) is 12.0 Å². The average Bonchev–Trinajstić information content (AvgIpc) is 2.72. The van der Waals surface area contributed by atoms with Crippen molar-refractivity contribution in [3.05, 3.63) is 35.4 Å². The van der Waals surface area contributed by atoms with Gasteiger partial charge in [0.25, 0.3) is 0 Å². The Morgan fingerprint density at radius 1 is 1.24 bits per heavy atom. The van der Waals surface area contributed by atoms with Gasteiger partial charge in [-0.25, -0.2) is 8.78 Å². The van der Waals surface area contributed by atoms with Gasteiger partial charge in [0, 0.05) is 12.0 Å². The minimum absolute atomic E-state index is 0.252. The van der Waals surface area contributed by atoms with Crippen LogP contribution in [0.25, 0.3) is 0 Å². The Bertz CT molecular complexity index is 417. The first kappa shape index (κ1) is 12.2. The summed E-state index contributed by atoms with van der Waals surface area (Å²) in [4.78, 5) is 11.9. The summed E-state index contributed by atoms with van der Waals surface area (Å²) in [6.07, 6.45) is 1.96. The van der Waals surface area contributed by atoms with Crippen molar-refractivity contribution >= 4 is 5.78 Å². The molecule has 92 valence electrons. The highest BCUT2D eigenvalue weighted by molar-refractivity contribution is 5.89. The van der Waals surface area contributed by atoms with Gasteiger partial charge < -0.3 is 5.11 Å². The number of carbonyl (C=O) groups is 1. The van der Waals surface area contributed by atoms with E-state index >= 15 is 0 Å². The molecule has 1 aliphatic carbocycles. The van der Waals surface area contributed by atoms with E-state index in [1.807, 2.05) is 0 Å². The number of hydrogen-bond acceptors (Lipinski definition) is 2. The van der Waals surface area contributed by atoms with Crippen LogP contribution in [0.5, 0.6) is 0 Å². The van der Waals surface area contributed by atoms with Crippen molar-refractivity contribution in [1.82, 2.24) is 0 Å². The Kier molecular flexibility index (Phi) is 3.24. The second kappa shape index (κ2) is 4.53. The van der Waals surface area contributed by atoms with Gasteiger partial charge in [-0.05, 0) is 37.8 Å². The van der Waals surface area contributed by atoms with Crippen LogP contribution in [0.4, 0.5) is 8.78 Å². The summed E-state index contributed by atoms with van der Waals surface area (Å²) in [5.41, 5.74) is -1.63. The summed E-state index contributed by atoms with van der Waals surface area (Å²) in [5, 5.41) is 10.0. The van der Waals surface area contributed by atoms with E-state index in [4.69, 9.17) is 0 Å². The standard InChI is InChI=1S/C13H14F2O2/c14-10-4-3-5-11(15)9(10)8-12(16)13(17)6-1-2-7-13/h3-5,17H,1-2,6-8H2. The van der Waals surface area contributed by atoms with Crippen molar-refractivity contribution in [3.63, 3.8) is 0 Å². The summed E-state index contributed by atoms with van der Waals surface area (Å²) < 4.78 is 26.7. The molecular weight excluding hydrogens is 226 g/mol. The summed E-state index contributed by atoms with van der Waals surface area (Å²) in [5.74, 6) is -1.96. The normalized spacial score (nSPS) is 18.3. The highest BCUT2D eigenvalue weighted by Crippen LogP contribution is 2.31. The van der Waals surface area contributed by atoms with E-state index < -0.39 is 23.0 Å². The van der Waals surface area contributed by atoms with Gasteiger partial charge in [-0.2, -0.15) is 0 Å². The van der Waals surface area contributed by atoms with Crippen LogP contribution >= 0.6 is 0 Å². The van der Waals surface area contributed by atoms with Crippen LogP contribution in [0.1, 0.15) is 31.2 Å². The Labute approximate surface area is 98.3 Å². The molecule has 2 rings (SSSR count). The molecule has 1 saturated carbocycles. The van der Waals surface area contributed by atoms with Crippen LogP contribution in [0.3, 0.4) is 0 Å². The summed E-state index contributed by atoms with van der Waals surface area (Å²) >= 11 is 0. The number of hydrogen-bond donors (Lipinski definition) is 1. The highest BCUT2D eigenvalue weighted by Gasteiger charge is 2.38. The first-order valence-electron chi connectivity index (χ1n) is 5.71. The molecule has 0 radical (unpaired) electrons. The van der Waals surface area contributed by atoms with Crippen LogP contribution in [0.2, 0.25) is 0 Å². The molecule has 0 unspecified atom stereocenters. The lowest BCUT2D eigenvalue weighted by molar-refractivity contribution is -0.136. The van der Waals surface area contributed by atoms with Gasteiger partial charge >= 0.3 is 0 Å². The Morgan fingerprint density at radius 3 is 2.29 bits per heavy atom. The summed E-state index contributed by atoms with van der Waals surface area (Å²) in [6.45, 7) is 0. The van der Waals surface area contributed by atoms with E-state index in [9.17, 15) is 18.7 Å². The molecule has 0 atom stereocenters. The molecule has 0 bridgehead atoms. The fourth-order valence-electron chi connectivity index (χ4n) is 2.27. The minimum Gasteiger partial charge on any atom is -0.382 e. The van der Waals surface area contributed by atoms with E-state index in [1.165, 1.54) is 6.07 Å². The van der Waals surface area contributed by atoms with E-state index in [0.717, 1.165) is 25.0 Å². The van der Waals surface area contributed by atoms with Crippen LogP contribution in [-0.4, -0.2) is 16.5 Å². The van der Waals surface area contributed by atoms with Crippen LogP contribution in [-0.2, 0) is 11.2 Å². The summed E-state index contributed by atoms with van der Waals surface area (Å²) in [7, 11) is 0. The van der Waals surface area contributed by atoms with Gasteiger partial charge in [0.15, 0.2) is 5.78 Å². The lowest BCUT2D eigenvalue weighted by Gasteiger charge is -2.20. The number of carbonyl (C=O) groups excluding carboxylic acids is 1. The zero-order valence-electron chi connectivity index (χ0n) is 9.38. The number of ketones is 1. The first-order chi connectivity index (χ1) is 8.03. The van der Waals surface area contributed by atoms with Crippen molar-refractivity contribution < 1.29 is 18.7 Å². The molecule has 0 aliphatic heterocycles. The third kappa shape index (κ3) is 2.36. The predicted molar refractivity (Wildman–Crippen MR) is 58.5 cm³/mol. The summed E-state index contributed by atoms with van der Waals surface area (Å²) in [6, 6.07) is 3.48. The van der Waals surface area contributed by atoms with Crippen molar-refractivity contribution in [2.75, 3.05) is 0 Å². The molecular formula is C13H14F2O2. The van der Waals surface area contributed by atoms with Gasteiger partial charge in [0.05, 0.1) is 0 Å². The molecule has 0 spiro atoms. The predicted octanol–water partition coefficient (Wildman–Crippen LogP) is 2.38. The van der Waals surface area contributed by atoms with Gasteiger partial charge in [-0.1, -0.05) is 6.07 Å². The molecule has 1 aromatic carbocycles. The van der Waals surface area contributed by atoms with Crippen molar-refractivity contribution in [3.8, 4) is 0 Å². The number of rotatable bonds is 3. The molecule has 17 heavy (non-hydrogen) atoms. The lowest BCUT2D eigenvalue weighted by Crippen LogP contribution is -2.36. The number of benzene rings is 1. The monoisotopic (exact) mass is 240 g/mol. The topological polar surface area (TPSA) is 37.3 Å². The lowest BCUT2D eigenvalue weighted by atomic mass is 9.91. The maximum Gasteiger partial charge on any atom is 0.168 e. The van der Waals surface area contributed by atoms with Gasteiger partial charge in [0.2, 0.25) is 0 Å². The average molecular weight is 240 g/mol. The number of Topliss-reactive ketones (excluding diaryl/α,β-unsaturated/α-hetero) is 1. The van der Waals surface area contributed by atoms with Crippen molar-refractivity contribution in [1.29, 1.82) is 0 Å². The van der Waals surface area contributed by atoms with E-state index in [0.29, 0.717) is 12.8 Å². The Hall–Kier alpha value is -1.29. The third-order valence-electron chi connectivity index (χ3n) is 3.35. The quantitative estimate of drug-likeness (QED) is 0.880. The molecule has 1 fully saturated rings. The molecule has 0 aromatic heterocycles.